The lowest BCUT2D eigenvalue weighted by Gasteiger charge is -2.12. The summed E-state index contributed by atoms with van der Waals surface area (Å²) in [4.78, 5) is 0. The van der Waals surface area contributed by atoms with Crippen LogP contribution in [0.3, 0.4) is 0 Å². The van der Waals surface area contributed by atoms with Crippen molar-refractivity contribution in [2.45, 2.75) is 12.8 Å². The molecule has 0 fully saturated rings. The zero-order valence-electron chi connectivity index (χ0n) is 6.08. The third-order valence-corrected chi connectivity index (χ3v) is 1.39. The van der Waals surface area contributed by atoms with E-state index in [9.17, 15) is 4.39 Å². The molecule has 1 rings (SSSR count). The van der Waals surface area contributed by atoms with Gasteiger partial charge in [-0.05, 0) is 31.2 Å². The number of rotatable bonds is 1. The first-order chi connectivity index (χ1) is 5.00. The van der Waals surface area contributed by atoms with Crippen molar-refractivity contribution >= 4 is 0 Å². The van der Waals surface area contributed by atoms with E-state index in [0.29, 0.717) is 0 Å². The second-order valence-corrected chi connectivity index (χ2v) is 2.50. The van der Waals surface area contributed by atoms with Gasteiger partial charge in [-0.1, -0.05) is 0 Å². The van der Waals surface area contributed by atoms with Gasteiger partial charge in [-0.25, -0.2) is 4.39 Å². The fraction of sp³-hybridized carbons (Fsp3) is 0.250. The average molecular weight is 156 g/mol. The maximum Gasteiger partial charge on any atom is 0.230 e. The van der Waals surface area contributed by atoms with Gasteiger partial charge in [0.15, 0.2) is 0 Å². The minimum Gasteiger partial charge on any atom is -0.508 e. The molecule has 0 saturated heterocycles. The number of hydrogen-bond donors (Lipinski definition) is 2. The van der Waals surface area contributed by atoms with Gasteiger partial charge < -0.3 is 10.2 Å². The van der Waals surface area contributed by atoms with Crippen LogP contribution in [0.5, 0.6) is 5.75 Å². The molecule has 1 unspecified atom stereocenters. The monoisotopic (exact) mass is 156 g/mol. The molecule has 0 aliphatic heterocycles. The van der Waals surface area contributed by atoms with Crippen LogP contribution in [0.2, 0.25) is 0 Å². The van der Waals surface area contributed by atoms with Gasteiger partial charge in [0.2, 0.25) is 5.85 Å². The molecular formula is C8H9FO2. The minimum absolute atomic E-state index is 0.0537. The van der Waals surface area contributed by atoms with E-state index in [2.05, 4.69) is 0 Å². The van der Waals surface area contributed by atoms with Gasteiger partial charge in [0.1, 0.15) is 5.75 Å². The predicted molar refractivity (Wildman–Crippen MR) is 38.8 cm³/mol. The molecule has 3 heteroatoms. The van der Waals surface area contributed by atoms with E-state index in [-0.39, 0.29) is 11.3 Å². The van der Waals surface area contributed by atoms with Crippen molar-refractivity contribution in [1.82, 2.24) is 0 Å². The molecule has 0 saturated carbocycles. The number of phenols is 1. The molecule has 0 radical (unpaired) electrons. The summed E-state index contributed by atoms with van der Waals surface area (Å²) >= 11 is 0. The van der Waals surface area contributed by atoms with Crippen LogP contribution in [0.1, 0.15) is 12.5 Å². The van der Waals surface area contributed by atoms with Crippen molar-refractivity contribution in [2.75, 3.05) is 0 Å². The van der Waals surface area contributed by atoms with Crippen LogP contribution in [0.15, 0.2) is 24.3 Å². The molecule has 2 nitrogen and oxygen atoms in total. The Kier molecular flexibility index (Phi) is 1.83. The number of phenolic OH excluding ortho intramolecular Hbond substituents is 1. The highest BCUT2D eigenvalue weighted by Gasteiger charge is 2.20. The third-order valence-electron chi connectivity index (χ3n) is 1.39. The lowest BCUT2D eigenvalue weighted by Crippen LogP contribution is -2.12. The number of benzene rings is 1. The molecule has 0 aliphatic rings. The van der Waals surface area contributed by atoms with Crippen LogP contribution in [0, 0.1) is 0 Å². The highest BCUT2D eigenvalue weighted by Crippen LogP contribution is 2.23. The van der Waals surface area contributed by atoms with Crippen molar-refractivity contribution in [1.29, 1.82) is 0 Å². The number of alkyl halides is 1. The van der Waals surface area contributed by atoms with Crippen LogP contribution in [0.25, 0.3) is 0 Å². The smallest absolute Gasteiger partial charge is 0.230 e. The lowest BCUT2D eigenvalue weighted by molar-refractivity contribution is -0.0769. The summed E-state index contributed by atoms with van der Waals surface area (Å²) < 4.78 is 12.7. The molecule has 11 heavy (non-hydrogen) atoms. The van der Waals surface area contributed by atoms with Gasteiger partial charge in [-0.3, -0.25) is 0 Å². The van der Waals surface area contributed by atoms with Crippen LogP contribution >= 0.6 is 0 Å². The van der Waals surface area contributed by atoms with Gasteiger partial charge in [0.05, 0.1) is 0 Å². The summed E-state index contributed by atoms with van der Waals surface area (Å²) in [6, 6.07) is 5.30. The van der Waals surface area contributed by atoms with E-state index in [4.69, 9.17) is 10.2 Å². The Bertz CT molecular complexity index is 235. The SMILES string of the molecule is CC(O)(F)c1ccc(O)cc1. The van der Waals surface area contributed by atoms with Gasteiger partial charge in [0, 0.05) is 5.56 Å². The molecule has 60 valence electrons. The Balaban J connectivity index is 2.99. The van der Waals surface area contributed by atoms with E-state index in [0.717, 1.165) is 6.92 Å². The van der Waals surface area contributed by atoms with Gasteiger partial charge in [0.25, 0.3) is 0 Å². The molecule has 1 atom stereocenters. The number of hydrogen-bond acceptors (Lipinski definition) is 2. The molecule has 1 aromatic carbocycles. The lowest BCUT2D eigenvalue weighted by atomic mass is 10.1. The predicted octanol–water partition coefficient (Wildman–Crippen LogP) is 1.53. The second kappa shape index (κ2) is 2.51. The molecule has 0 aliphatic carbocycles. The third kappa shape index (κ3) is 1.91. The van der Waals surface area contributed by atoms with E-state index >= 15 is 0 Å². The van der Waals surface area contributed by atoms with Gasteiger partial charge >= 0.3 is 0 Å². The van der Waals surface area contributed by atoms with Crippen molar-refractivity contribution in [3.05, 3.63) is 29.8 Å². The normalized spacial score (nSPS) is 15.9. The Labute approximate surface area is 63.9 Å². The fourth-order valence-corrected chi connectivity index (χ4v) is 0.766. The first kappa shape index (κ1) is 8.01. The number of halogens is 1. The largest absolute Gasteiger partial charge is 0.508 e. The topological polar surface area (TPSA) is 40.5 Å². The first-order valence-corrected chi connectivity index (χ1v) is 3.21. The van der Waals surface area contributed by atoms with Crippen molar-refractivity contribution in [2.24, 2.45) is 0 Å². The van der Waals surface area contributed by atoms with Crippen LogP contribution in [0.4, 0.5) is 4.39 Å². The highest BCUT2D eigenvalue weighted by molar-refractivity contribution is 5.27. The average Bonchev–Trinajstić information content (AvgIpc) is 1.86. The zero-order valence-corrected chi connectivity index (χ0v) is 6.08. The summed E-state index contributed by atoms with van der Waals surface area (Å²) in [7, 11) is 0. The first-order valence-electron chi connectivity index (χ1n) is 3.21. The molecule has 0 spiro atoms. The quantitative estimate of drug-likeness (QED) is 0.647. The van der Waals surface area contributed by atoms with Crippen molar-refractivity contribution in [3.8, 4) is 5.75 Å². The van der Waals surface area contributed by atoms with Gasteiger partial charge in [-0.15, -0.1) is 0 Å². The fourth-order valence-electron chi connectivity index (χ4n) is 0.766. The van der Waals surface area contributed by atoms with E-state index < -0.39 is 5.85 Å². The summed E-state index contributed by atoms with van der Waals surface area (Å²) in [5.41, 5.74) is 0.135. The molecule has 1 aromatic rings. The van der Waals surface area contributed by atoms with Crippen LogP contribution in [-0.4, -0.2) is 10.2 Å². The summed E-state index contributed by atoms with van der Waals surface area (Å²) in [5, 5.41) is 17.6. The van der Waals surface area contributed by atoms with Gasteiger partial charge in [-0.2, -0.15) is 0 Å². The minimum atomic E-state index is -2.33. The highest BCUT2D eigenvalue weighted by atomic mass is 19.2. The molecule has 0 aromatic heterocycles. The van der Waals surface area contributed by atoms with Crippen molar-refractivity contribution in [3.63, 3.8) is 0 Å². The molecule has 0 amide bonds. The Morgan fingerprint density at radius 1 is 1.27 bits per heavy atom. The zero-order chi connectivity index (χ0) is 8.48. The Morgan fingerprint density at radius 2 is 1.73 bits per heavy atom. The number of aliphatic hydroxyl groups is 1. The van der Waals surface area contributed by atoms with Crippen molar-refractivity contribution < 1.29 is 14.6 Å². The molecular weight excluding hydrogens is 147 g/mol. The Hall–Kier alpha value is -1.09. The summed E-state index contributed by atoms with van der Waals surface area (Å²) in [5.74, 6) is -2.27. The van der Waals surface area contributed by atoms with Crippen LogP contribution < -0.4 is 0 Å². The maximum absolute atomic E-state index is 12.7. The molecule has 0 bridgehead atoms. The standard InChI is InChI=1S/C8H9FO2/c1-8(9,11)6-2-4-7(10)5-3-6/h2-5,10-11H,1H3. The molecule has 2 N–H and O–H groups in total. The number of aromatic hydroxyl groups is 1. The van der Waals surface area contributed by atoms with Crippen LogP contribution in [-0.2, 0) is 5.85 Å². The molecule has 0 heterocycles. The Morgan fingerprint density at radius 3 is 2.09 bits per heavy atom. The second-order valence-electron chi connectivity index (χ2n) is 2.50. The maximum atomic E-state index is 12.7. The van der Waals surface area contributed by atoms with E-state index in [1.54, 1.807) is 0 Å². The van der Waals surface area contributed by atoms with E-state index in [1.165, 1.54) is 24.3 Å². The van der Waals surface area contributed by atoms with E-state index in [1.807, 2.05) is 0 Å². The summed E-state index contributed by atoms with van der Waals surface area (Å²) in [6.45, 7) is 1.04. The summed E-state index contributed by atoms with van der Waals surface area (Å²) in [6.07, 6.45) is 0.